The highest BCUT2D eigenvalue weighted by Crippen LogP contribution is 2.36. The second kappa shape index (κ2) is 8.57. The maximum atomic E-state index is 14.6. The van der Waals surface area contributed by atoms with Crippen molar-refractivity contribution in [3.8, 4) is 22.6 Å². The summed E-state index contributed by atoms with van der Waals surface area (Å²) in [6, 6.07) is 12.6. The van der Waals surface area contributed by atoms with E-state index in [1.54, 1.807) is 25.3 Å². The summed E-state index contributed by atoms with van der Waals surface area (Å²) >= 11 is 0. The summed E-state index contributed by atoms with van der Waals surface area (Å²) in [5, 5.41) is 0. The Morgan fingerprint density at radius 1 is 1.36 bits per heavy atom. The highest BCUT2D eigenvalue weighted by Gasteiger charge is 2.32. The van der Waals surface area contributed by atoms with Crippen LogP contribution in [0.4, 0.5) is 10.1 Å². The molecule has 2 atom stereocenters. The van der Waals surface area contributed by atoms with Crippen molar-refractivity contribution in [1.82, 2.24) is 4.90 Å². The van der Waals surface area contributed by atoms with E-state index in [-0.39, 0.29) is 12.5 Å². The van der Waals surface area contributed by atoms with Crippen molar-refractivity contribution in [3.63, 3.8) is 0 Å². The van der Waals surface area contributed by atoms with Crippen LogP contribution >= 0.6 is 0 Å². The third kappa shape index (κ3) is 4.15. The van der Waals surface area contributed by atoms with Gasteiger partial charge < -0.3 is 14.4 Å². The topological polar surface area (TPSA) is 43.1 Å². The Morgan fingerprint density at radius 2 is 2.14 bits per heavy atom. The molecular weight excluding hydrogens is 359 g/mol. The van der Waals surface area contributed by atoms with E-state index < -0.39 is 12.3 Å². The molecule has 0 saturated carbocycles. The molecule has 0 aliphatic carbocycles. The number of halogens is 1. The summed E-state index contributed by atoms with van der Waals surface area (Å²) in [6.07, 6.45) is -0.441. The number of alkyl halides is 1. The number of para-hydroxylation sites is 1. The number of hydrogen-bond donors (Lipinski definition) is 0. The van der Waals surface area contributed by atoms with E-state index in [0.29, 0.717) is 30.2 Å². The summed E-state index contributed by atoms with van der Waals surface area (Å²) in [7, 11) is 1.58. The van der Waals surface area contributed by atoms with Crippen molar-refractivity contribution < 1.29 is 18.7 Å². The SMILES string of the molecule is [C-]#[N+]c1cc(O[C@H]2CCN(C(=O)C=C)C[C@@H]2F)cc(-c2ccccc2OC)c1. The Morgan fingerprint density at radius 3 is 2.82 bits per heavy atom. The van der Waals surface area contributed by atoms with Gasteiger partial charge in [0.15, 0.2) is 11.9 Å². The van der Waals surface area contributed by atoms with Gasteiger partial charge in [0.05, 0.1) is 20.2 Å². The summed E-state index contributed by atoms with van der Waals surface area (Å²) in [6.45, 7) is 11.2. The summed E-state index contributed by atoms with van der Waals surface area (Å²) in [5.41, 5.74) is 1.98. The monoisotopic (exact) mass is 380 g/mol. The molecule has 1 aliphatic heterocycles. The Hall–Kier alpha value is -3.33. The molecule has 0 aromatic heterocycles. The van der Waals surface area contributed by atoms with Gasteiger partial charge >= 0.3 is 0 Å². The highest BCUT2D eigenvalue weighted by molar-refractivity contribution is 5.87. The summed E-state index contributed by atoms with van der Waals surface area (Å²) in [4.78, 5) is 16.6. The minimum Gasteiger partial charge on any atom is -0.496 e. The third-order valence-electron chi connectivity index (χ3n) is 4.69. The van der Waals surface area contributed by atoms with Crippen LogP contribution in [-0.4, -0.2) is 43.3 Å². The predicted molar refractivity (Wildman–Crippen MR) is 105 cm³/mol. The largest absolute Gasteiger partial charge is 0.496 e. The van der Waals surface area contributed by atoms with Gasteiger partial charge in [-0.3, -0.25) is 4.79 Å². The quantitative estimate of drug-likeness (QED) is 0.570. The Labute approximate surface area is 163 Å². The molecule has 1 fully saturated rings. The first-order valence-corrected chi connectivity index (χ1v) is 8.93. The number of carbonyl (C=O) groups excluding carboxylic acids is 1. The van der Waals surface area contributed by atoms with Gasteiger partial charge in [-0.05, 0) is 35.9 Å². The van der Waals surface area contributed by atoms with Crippen LogP contribution in [0.2, 0.25) is 0 Å². The van der Waals surface area contributed by atoms with Crippen molar-refractivity contribution in [1.29, 1.82) is 0 Å². The van der Waals surface area contributed by atoms with E-state index >= 15 is 0 Å². The average molecular weight is 380 g/mol. The molecule has 3 rings (SSSR count). The van der Waals surface area contributed by atoms with E-state index in [1.807, 2.05) is 24.3 Å². The van der Waals surface area contributed by atoms with Crippen molar-refractivity contribution in [3.05, 3.63) is 66.5 Å². The predicted octanol–water partition coefficient (Wildman–Crippen LogP) is 4.42. The number of methoxy groups -OCH3 is 1. The van der Waals surface area contributed by atoms with Crippen LogP contribution in [0.1, 0.15) is 6.42 Å². The average Bonchev–Trinajstić information content (AvgIpc) is 2.74. The molecule has 2 aromatic carbocycles. The van der Waals surface area contributed by atoms with Gasteiger partial charge in [0.2, 0.25) is 5.91 Å². The summed E-state index contributed by atoms with van der Waals surface area (Å²) < 4.78 is 25.9. The molecule has 144 valence electrons. The molecule has 1 heterocycles. The molecule has 1 saturated heterocycles. The minimum atomic E-state index is -1.32. The highest BCUT2D eigenvalue weighted by atomic mass is 19.1. The molecule has 5 nitrogen and oxygen atoms in total. The number of carbonyl (C=O) groups is 1. The zero-order valence-corrected chi connectivity index (χ0v) is 15.6. The van der Waals surface area contributed by atoms with Crippen molar-refractivity contribution >= 4 is 11.6 Å². The summed E-state index contributed by atoms with van der Waals surface area (Å²) in [5.74, 6) is 0.815. The number of piperidine rings is 1. The van der Waals surface area contributed by atoms with Gasteiger partial charge in [0, 0.05) is 18.5 Å². The first-order chi connectivity index (χ1) is 13.5. The number of ether oxygens (including phenoxy) is 2. The van der Waals surface area contributed by atoms with Crippen LogP contribution in [0.3, 0.4) is 0 Å². The Balaban J connectivity index is 1.84. The zero-order chi connectivity index (χ0) is 20.1. The van der Waals surface area contributed by atoms with Gasteiger partial charge in [0.25, 0.3) is 0 Å². The fourth-order valence-electron chi connectivity index (χ4n) is 3.27. The van der Waals surface area contributed by atoms with Crippen LogP contribution in [0.5, 0.6) is 11.5 Å². The zero-order valence-electron chi connectivity index (χ0n) is 15.6. The van der Waals surface area contributed by atoms with E-state index in [0.717, 1.165) is 11.1 Å². The van der Waals surface area contributed by atoms with Crippen molar-refractivity contribution in [2.24, 2.45) is 0 Å². The molecule has 1 aliphatic rings. The second-order valence-corrected chi connectivity index (χ2v) is 6.48. The van der Waals surface area contributed by atoms with Gasteiger partial charge in [-0.15, -0.1) is 0 Å². The molecule has 28 heavy (non-hydrogen) atoms. The lowest BCUT2D eigenvalue weighted by molar-refractivity contribution is -0.129. The maximum absolute atomic E-state index is 14.6. The maximum Gasteiger partial charge on any atom is 0.246 e. The van der Waals surface area contributed by atoms with E-state index in [9.17, 15) is 9.18 Å². The van der Waals surface area contributed by atoms with E-state index in [4.69, 9.17) is 16.0 Å². The number of amides is 1. The molecule has 0 unspecified atom stereocenters. The smallest absolute Gasteiger partial charge is 0.246 e. The molecule has 0 N–H and O–H groups in total. The third-order valence-corrected chi connectivity index (χ3v) is 4.69. The molecule has 0 bridgehead atoms. The van der Waals surface area contributed by atoms with Crippen LogP contribution in [0, 0.1) is 6.57 Å². The normalized spacial score (nSPS) is 18.8. The van der Waals surface area contributed by atoms with Gasteiger partial charge in [0.1, 0.15) is 17.6 Å². The molecule has 2 aromatic rings. The van der Waals surface area contributed by atoms with Gasteiger partial charge in [-0.2, -0.15) is 0 Å². The van der Waals surface area contributed by atoms with Crippen molar-refractivity contribution in [2.45, 2.75) is 18.7 Å². The second-order valence-electron chi connectivity index (χ2n) is 6.48. The lowest BCUT2D eigenvalue weighted by atomic mass is 10.0. The fourth-order valence-corrected chi connectivity index (χ4v) is 3.27. The standard InChI is InChI=1S/C22H21FN2O3/c1-4-22(26)25-10-9-21(19(23)14-25)28-17-12-15(11-16(13-17)24-2)18-7-5-6-8-20(18)27-3/h4-8,11-13,19,21H,1,9-10,14H2,3H3/t19-,21-/m0/s1. The molecular formula is C22H21FN2O3. The van der Waals surface area contributed by atoms with Crippen LogP contribution in [0.15, 0.2) is 55.1 Å². The molecule has 0 spiro atoms. The van der Waals surface area contributed by atoms with Crippen LogP contribution in [-0.2, 0) is 4.79 Å². The van der Waals surface area contributed by atoms with E-state index in [1.165, 1.54) is 11.0 Å². The molecule has 6 heteroatoms. The fraction of sp³-hybridized carbons (Fsp3) is 0.273. The van der Waals surface area contributed by atoms with Gasteiger partial charge in [-0.1, -0.05) is 24.8 Å². The number of likely N-dealkylation sites (tertiary alicyclic amines) is 1. The molecule has 1 amide bonds. The Bertz CT molecular complexity index is 922. The minimum absolute atomic E-state index is 0.0304. The lowest BCUT2D eigenvalue weighted by Crippen LogP contribution is -2.48. The number of benzene rings is 2. The number of nitrogens with zero attached hydrogens (tertiary/aromatic N) is 2. The number of rotatable bonds is 5. The van der Waals surface area contributed by atoms with E-state index in [2.05, 4.69) is 11.4 Å². The number of hydrogen-bond acceptors (Lipinski definition) is 3. The van der Waals surface area contributed by atoms with Crippen LogP contribution in [0.25, 0.3) is 16.0 Å². The van der Waals surface area contributed by atoms with Gasteiger partial charge in [-0.25, -0.2) is 9.24 Å². The van der Waals surface area contributed by atoms with Crippen LogP contribution < -0.4 is 9.47 Å². The first kappa shape index (κ1) is 19.4. The Kier molecular flexibility index (Phi) is 5.95. The molecule has 0 radical (unpaired) electrons. The first-order valence-electron chi connectivity index (χ1n) is 8.93. The lowest BCUT2D eigenvalue weighted by Gasteiger charge is -2.34. The van der Waals surface area contributed by atoms with Crippen molar-refractivity contribution in [2.75, 3.05) is 20.2 Å².